The third-order valence-electron chi connectivity index (χ3n) is 7.55. The second-order valence-corrected chi connectivity index (χ2v) is 13.2. The van der Waals surface area contributed by atoms with Crippen LogP contribution in [0.15, 0.2) is 89.1 Å². The third kappa shape index (κ3) is 6.71. The Morgan fingerprint density at radius 1 is 0.844 bits per heavy atom. The van der Waals surface area contributed by atoms with E-state index >= 15 is 0 Å². The number of aliphatic imine (C=N–C) groups is 1. The lowest BCUT2D eigenvalue weighted by molar-refractivity contribution is -0.124. The SMILES string of the molecule is COc1ccc(C2N=C(NN3CSC(=O)C3c3ccc(Cl)cc3)NC(C)=C2C(=O)NN2CSC(=O)C2c2ccc(Cl)cc2)cc1. The van der Waals surface area contributed by atoms with Gasteiger partial charge in [-0.2, -0.15) is 10.0 Å². The second kappa shape index (κ2) is 13.5. The van der Waals surface area contributed by atoms with Crippen LogP contribution in [-0.4, -0.2) is 51.0 Å². The molecular formula is C31H28Cl2N6O4S2. The molecule has 232 valence electrons. The fourth-order valence-corrected chi connectivity index (χ4v) is 7.38. The van der Waals surface area contributed by atoms with E-state index in [1.807, 2.05) is 36.4 Å². The molecular weight excluding hydrogens is 655 g/mol. The van der Waals surface area contributed by atoms with Gasteiger partial charge in [0.2, 0.25) is 16.2 Å². The first kappa shape index (κ1) is 31.5. The Hall–Kier alpha value is -3.52. The Kier molecular flexibility index (Phi) is 9.41. The highest BCUT2D eigenvalue weighted by Gasteiger charge is 2.39. The zero-order valence-corrected chi connectivity index (χ0v) is 27.3. The van der Waals surface area contributed by atoms with Crippen molar-refractivity contribution >= 4 is 68.8 Å². The molecule has 3 unspecified atom stereocenters. The highest BCUT2D eigenvalue weighted by Crippen LogP contribution is 2.37. The Bertz CT molecular complexity index is 1690. The number of nitrogens with zero attached hydrogens (tertiary/aromatic N) is 3. The van der Waals surface area contributed by atoms with Gasteiger partial charge in [-0.05, 0) is 60.0 Å². The molecule has 6 rings (SSSR count). The lowest BCUT2D eigenvalue weighted by Crippen LogP contribution is -2.51. The number of amides is 1. The van der Waals surface area contributed by atoms with Crippen molar-refractivity contribution in [2.75, 3.05) is 18.9 Å². The number of hydrogen-bond donors (Lipinski definition) is 3. The quantitative estimate of drug-likeness (QED) is 0.301. The first-order chi connectivity index (χ1) is 21.7. The topological polar surface area (TPSA) is 115 Å². The molecule has 0 aromatic heterocycles. The number of halogens is 2. The Balaban J connectivity index is 1.28. The number of carbonyl (C=O) groups is 3. The molecule has 3 aromatic carbocycles. The summed E-state index contributed by atoms with van der Waals surface area (Å²) in [5.41, 5.74) is 9.46. The number of rotatable bonds is 7. The van der Waals surface area contributed by atoms with E-state index in [1.54, 1.807) is 60.4 Å². The molecule has 0 aliphatic carbocycles. The van der Waals surface area contributed by atoms with E-state index < -0.39 is 24.0 Å². The van der Waals surface area contributed by atoms with Crippen LogP contribution >= 0.6 is 46.7 Å². The van der Waals surface area contributed by atoms with E-state index in [9.17, 15) is 14.4 Å². The fraction of sp³-hybridized carbons (Fsp3) is 0.226. The van der Waals surface area contributed by atoms with Crippen LogP contribution < -0.4 is 20.9 Å². The number of allylic oxidation sites excluding steroid dienone is 1. The maximum absolute atomic E-state index is 14.0. The monoisotopic (exact) mass is 682 g/mol. The van der Waals surface area contributed by atoms with Crippen molar-refractivity contribution < 1.29 is 19.1 Å². The summed E-state index contributed by atoms with van der Waals surface area (Å²) in [6, 6.07) is 19.6. The van der Waals surface area contributed by atoms with Crippen LogP contribution in [0.1, 0.15) is 41.7 Å². The molecule has 0 saturated carbocycles. The predicted molar refractivity (Wildman–Crippen MR) is 177 cm³/mol. The number of ether oxygens (including phenoxy) is 1. The highest BCUT2D eigenvalue weighted by molar-refractivity contribution is 8.14. The summed E-state index contributed by atoms with van der Waals surface area (Å²) in [7, 11) is 1.58. The van der Waals surface area contributed by atoms with Gasteiger partial charge >= 0.3 is 0 Å². The lowest BCUT2D eigenvalue weighted by atomic mass is 9.95. The van der Waals surface area contributed by atoms with E-state index in [0.717, 1.165) is 28.5 Å². The van der Waals surface area contributed by atoms with Crippen LogP contribution in [0.2, 0.25) is 10.0 Å². The standard InChI is InChI=1S/C31H28Cl2N6O4S2/c1-17-24(28(40)36-38-15-44-29(41)26(38)19-3-9-21(32)10-4-19)25(18-7-13-23(43-2)14-8-18)35-31(34-17)37-39-16-45-30(42)27(39)20-5-11-22(33)12-6-20/h3-14,25-27H,15-16H2,1-2H3,(H,36,40)(H2,34,35,37). The van der Waals surface area contributed by atoms with E-state index in [-0.39, 0.29) is 16.1 Å². The number of guanidine groups is 1. The average Bonchev–Trinajstić information content (AvgIpc) is 3.58. The van der Waals surface area contributed by atoms with Crippen molar-refractivity contribution in [2.45, 2.75) is 25.0 Å². The molecule has 2 saturated heterocycles. The number of benzene rings is 3. The minimum Gasteiger partial charge on any atom is -0.497 e. The zero-order chi connectivity index (χ0) is 31.7. The molecule has 3 aliphatic heterocycles. The summed E-state index contributed by atoms with van der Waals surface area (Å²) in [6.45, 7) is 1.79. The molecule has 3 aliphatic rings. The zero-order valence-electron chi connectivity index (χ0n) is 24.1. The molecule has 3 heterocycles. The molecule has 0 spiro atoms. The number of hydrazine groups is 2. The number of hydrogen-bond acceptors (Lipinski definition) is 11. The third-order valence-corrected chi connectivity index (χ3v) is 9.88. The Morgan fingerprint density at radius 2 is 1.36 bits per heavy atom. The lowest BCUT2D eigenvalue weighted by Gasteiger charge is -2.32. The van der Waals surface area contributed by atoms with Crippen LogP contribution in [-0.2, 0) is 14.4 Å². The highest BCUT2D eigenvalue weighted by atomic mass is 35.5. The summed E-state index contributed by atoms with van der Waals surface area (Å²) in [5, 5.41) is 7.71. The Morgan fingerprint density at radius 3 is 1.91 bits per heavy atom. The van der Waals surface area contributed by atoms with Crippen molar-refractivity contribution in [3.05, 3.63) is 111 Å². The minimum atomic E-state index is -0.709. The van der Waals surface area contributed by atoms with Crippen LogP contribution in [0.4, 0.5) is 0 Å². The first-order valence-corrected chi connectivity index (χ1v) is 16.6. The van der Waals surface area contributed by atoms with Crippen LogP contribution in [0.5, 0.6) is 5.75 Å². The van der Waals surface area contributed by atoms with Gasteiger partial charge in [-0.1, -0.05) is 83.1 Å². The van der Waals surface area contributed by atoms with E-state index in [2.05, 4.69) is 16.2 Å². The predicted octanol–water partition coefficient (Wildman–Crippen LogP) is 5.36. The molecule has 2 fully saturated rings. The summed E-state index contributed by atoms with van der Waals surface area (Å²) < 4.78 is 5.34. The normalized spacial score (nSPS) is 22.3. The van der Waals surface area contributed by atoms with Crippen molar-refractivity contribution in [1.29, 1.82) is 0 Å². The molecule has 14 heteroatoms. The van der Waals surface area contributed by atoms with E-state index in [4.69, 9.17) is 32.9 Å². The molecule has 10 nitrogen and oxygen atoms in total. The number of nitrogens with one attached hydrogen (secondary N) is 3. The largest absolute Gasteiger partial charge is 0.497 e. The Labute approximate surface area is 278 Å². The molecule has 45 heavy (non-hydrogen) atoms. The van der Waals surface area contributed by atoms with Gasteiger partial charge in [-0.15, -0.1) is 0 Å². The molecule has 3 aromatic rings. The molecule has 1 amide bonds. The van der Waals surface area contributed by atoms with Crippen molar-refractivity contribution in [3.63, 3.8) is 0 Å². The van der Waals surface area contributed by atoms with Gasteiger partial charge in [-0.3, -0.25) is 25.2 Å². The number of carbonyl (C=O) groups excluding carboxylic acids is 3. The number of thioether (sulfide) groups is 2. The van der Waals surface area contributed by atoms with Gasteiger partial charge in [0, 0.05) is 15.7 Å². The minimum absolute atomic E-state index is 0.00598. The van der Waals surface area contributed by atoms with Crippen LogP contribution in [0.3, 0.4) is 0 Å². The van der Waals surface area contributed by atoms with Gasteiger partial charge < -0.3 is 10.1 Å². The maximum Gasteiger partial charge on any atom is 0.265 e. The van der Waals surface area contributed by atoms with Gasteiger partial charge in [0.15, 0.2) is 0 Å². The van der Waals surface area contributed by atoms with Gasteiger partial charge in [0.25, 0.3) is 5.91 Å². The van der Waals surface area contributed by atoms with Crippen molar-refractivity contribution in [2.24, 2.45) is 4.99 Å². The van der Waals surface area contributed by atoms with E-state index in [1.165, 1.54) is 11.8 Å². The summed E-state index contributed by atoms with van der Waals surface area (Å²) in [5.74, 6) is 1.32. The van der Waals surface area contributed by atoms with Crippen LogP contribution in [0, 0.1) is 0 Å². The van der Waals surface area contributed by atoms with Gasteiger partial charge in [0.1, 0.15) is 23.9 Å². The summed E-state index contributed by atoms with van der Waals surface area (Å²) in [4.78, 5) is 44.6. The summed E-state index contributed by atoms with van der Waals surface area (Å²) in [6.07, 6.45) is 0. The summed E-state index contributed by atoms with van der Waals surface area (Å²) >= 11 is 14.5. The van der Waals surface area contributed by atoms with Gasteiger partial charge in [-0.25, -0.2) is 4.99 Å². The second-order valence-electron chi connectivity index (χ2n) is 10.4. The molecule has 0 bridgehead atoms. The van der Waals surface area contributed by atoms with Crippen LogP contribution in [0.25, 0.3) is 0 Å². The smallest absolute Gasteiger partial charge is 0.265 e. The average molecular weight is 684 g/mol. The number of methoxy groups -OCH3 is 1. The van der Waals surface area contributed by atoms with E-state index in [0.29, 0.717) is 38.9 Å². The molecule has 3 N–H and O–H groups in total. The van der Waals surface area contributed by atoms with Crippen molar-refractivity contribution in [1.82, 2.24) is 26.2 Å². The first-order valence-electron chi connectivity index (χ1n) is 13.9. The molecule has 3 atom stereocenters. The van der Waals surface area contributed by atoms with Crippen molar-refractivity contribution in [3.8, 4) is 5.75 Å². The fourth-order valence-electron chi connectivity index (χ4n) is 5.32. The van der Waals surface area contributed by atoms with Gasteiger partial charge in [0.05, 0.1) is 24.4 Å². The molecule has 0 radical (unpaired) electrons. The maximum atomic E-state index is 14.0.